The molecule has 5 rings (SSSR count). The molecule has 0 saturated carbocycles. The van der Waals surface area contributed by atoms with E-state index in [0.717, 1.165) is 51.9 Å². The molecule has 1 unspecified atom stereocenters. The number of benzene rings is 2. The number of hydrogen-bond acceptors (Lipinski definition) is 6. The fourth-order valence-electron chi connectivity index (χ4n) is 5.17. The van der Waals surface area contributed by atoms with Gasteiger partial charge in [-0.3, -0.25) is 4.79 Å². The molecule has 6 nitrogen and oxygen atoms in total. The third kappa shape index (κ3) is 4.90. The van der Waals surface area contributed by atoms with Gasteiger partial charge in [0.15, 0.2) is 0 Å². The minimum absolute atomic E-state index is 0.171. The summed E-state index contributed by atoms with van der Waals surface area (Å²) < 4.78 is 10.4. The molecule has 0 saturated heterocycles. The number of rotatable bonds is 5. The van der Waals surface area contributed by atoms with E-state index in [2.05, 4.69) is 26.1 Å². The van der Waals surface area contributed by atoms with E-state index in [1.165, 1.54) is 18.4 Å². The van der Waals surface area contributed by atoms with E-state index >= 15 is 0 Å². The van der Waals surface area contributed by atoms with E-state index < -0.39 is 5.97 Å². The lowest BCUT2D eigenvalue weighted by Crippen LogP contribution is -2.26. The van der Waals surface area contributed by atoms with Crippen LogP contribution in [0.2, 0.25) is 0 Å². The Kier molecular flexibility index (Phi) is 6.97. The average Bonchev–Trinajstić information content (AvgIpc) is 3.28. The highest BCUT2D eigenvalue weighted by Crippen LogP contribution is 2.44. The second kappa shape index (κ2) is 10.2. The van der Waals surface area contributed by atoms with Crippen LogP contribution in [-0.4, -0.2) is 31.1 Å². The zero-order chi connectivity index (χ0) is 27.0. The Hall–Kier alpha value is -3.71. The number of amides is 1. The van der Waals surface area contributed by atoms with Crippen molar-refractivity contribution >= 4 is 39.1 Å². The summed E-state index contributed by atoms with van der Waals surface area (Å²) in [5.74, 6) is 0.567. The van der Waals surface area contributed by atoms with Crippen molar-refractivity contribution in [2.45, 2.75) is 40.0 Å². The number of thiophene rings is 1. The van der Waals surface area contributed by atoms with Gasteiger partial charge in [0.2, 0.25) is 0 Å². The summed E-state index contributed by atoms with van der Waals surface area (Å²) in [6, 6.07) is 17.0. The Balaban J connectivity index is 1.55. The van der Waals surface area contributed by atoms with E-state index in [9.17, 15) is 9.59 Å². The number of fused-ring (bicyclic) bond motifs is 2. The molecule has 2 heterocycles. The van der Waals surface area contributed by atoms with Crippen molar-refractivity contribution in [3.63, 3.8) is 0 Å². The topological polar surface area (TPSA) is 77.5 Å². The summed E-state index contributed by atoms with van der Waals surface area (Å²) in [5, 5.41) is 4.37. The van der Waals surface area contributed by atoms with E-state index in [-0.39, 0.29) is 11.3 Å². The zero-order valence-corrected chi connectivity index (χ0v) is 23.2. The quantitative estimate of drug-likeness (QED) is 0.278. The van der Waals surface area contributed by atoms with Gasteiger partial charge in [-0.25, -0.2) is 9.78 Å². The number of esters is 1. The van der Waals surface area contributed by atoms with Gasteiger partial charge in [0.05, 0.1) is 36.6 Å². The fourth-order valence-corrected chi connectivity index (χ4v) is 6.49. The number of methoxy groups -OCH3 is 2. The van der Waals surface area contributed by atoms with Crippen LogP contribution in [0.4, 0.5) is 5.00 Å². The third-order valence-corrected chi connectivity index (χ3v) is 8.62. The molecule has 1 N–H and O–H groups in total. The van der Waals surface area contributed by atoms with E-state index in [1.807, 2.05) is 48.5 Å². The lowest BCUT2D eigenvalue weighted by molar-refractivity contribution is 0.0600. The number of ether oxygens (including phenoxy) is 2. The van der Waals surface area contributed by atoms with Crippen molar-refractivity contribution in [3.8, 4) is 17.0 Å². The Labute approximate surface area is 227 Å². The van der Waals surface area contributed by atoms with Crippen molar-refractivity contribution in [3.05, 3.63) is 76.2 Å². The maximum absolute atomic E-state index is 13.8. The normalized spacial score (nSPS) is 15.1. The zero-order valence-electron chi connectivity index (χ0n) is 22.4. The second-order valence-corrected chi connectivity index (χ2v) is 11.9. The predicted octanol–water partition coefficient (Wildman–Crippen LogP) is 7.16. The number of pyridine rings is 1. The van der Waals surface area contributed by atoms with Crippen LogP contribution in [-0.2, 0) is 17.6 Å². The molecule has 1 aliphatic carbocycles. The first kappa shape index (κ1) is 25.9. The van der Waals surface area contributed by atoms with Gasteiger partial charge in [-0.2, -0.15) is 0 Å². The summed E-state index contributed by atoms with van der Waals surface area (Å²) in [4.78, 5) is 32.6. The Morgan fingerprint density at radius 3 is 2.47 bits per heavy atom. The highest BCUT2D eigenvalue weighted by molar-refractivity contribution is 7.17. The molecule has 2 aromatic carbocycles. The van der Waals surface area contributed by atoms with Crippen LogP contribution in [0.15, 0.2) is 54.6 Å². The average molecular weight is 529 g/mol. The molecule has 4 aromatic rings. The van der Waals surface area contributed by atoms with Gasteiger partial charge in [-0.05, 0) is 72.6 Å². The van der Waals surface area contributed by atoms with Gasteiger partial charge in [0, 0.05) is 15.8 Å². The molecule has 0 aliphatic heterocycles. The first-order valence-corrected chi connectivity index (χ1v) is 13.6. The highest BCUT2D eigenvalue weighted by Gasteiger charge is 2.34. The molecule has 2 aromatic heterocycles. The number of para-hydroxylation sites is 1. The van der Waals surface area contributed by atoms with Crippen molar-refractivity contribution in [2.24, 2.45) is 11.3 Å². The van der Waals surface area contributed by atoms with Crippen LogP contribution in [0.1, 0.15) is 58.3 Å². The molecule has 1 atom stereocenters. The van der Waals surface area contributed by atoms with Crippen LogP contribution in [0.25, 0.3) is 22.2 Å². The fraction of sp³-hybridized carbons (Fsp3) is 0.323. The summed E-state index contributed by atoms with van der Waals surface area (Å²) in [6.45, 7) is 6.78. The lowest BCUT2D eigenvalue weighted by Gasteiger charge is -2.33. The van der Waals surface area contributed by atoms with Crippen molar-refractivity contribution < 1.29 is 19.1 Å². The summed E-state index contributed by atoms with van der Waals surface area (Å²) >= 11 is 1.50. The second-order valence-electron chi connectivity index (χ2n) is 10.8. The van der Waals surface area contributed by atoms with Gasteiger partial charge in [0.1, 0.15) is 10.8 Å². The summed E-state index contributed by atoms with van der Waals surface area (Å²) in [6.07, 6.45) is 2.70. The molecule has 0 fully saturated rings. The van der Waals surface area contributed by atoms with Crippen LogP contribution in [0.3, 0.4) is 0 Å². The largest absolute Gasteiger partial charge is 0.497 e. The van der Waals surface area contributed by atoms with Crippen molar-refractivity contribution in [1.82, 2.24) is 4.98 Å². The molecule has 0 bridgehead atoms. The summed E-state index contributed by atoms with van der Waals surface area (Å²) in [7, 11) is 3.01. The Bertz CT molecular complexity index is 1520. The minimum atomic E-state index is -0.412. The van der Waals surface area contributed by atoms with Crippen molar-refractivity contribution in [1.29, 1.82) is 0 Å². The lowest BCUT2D eigenvalue weighted by atomic mass is 9.72. The van der Waals surface area contributed by atoms with Crippen LogP contribution >= 0.6 is 11.3 Å². The molecule has 7 heteroatoms. The third-order valence-electron chi connectivity index (χ3n) is 7.45. The smallest absolute Gasteiger partial charge is 0.341 e. The molecular formula is C31H32N2O4S. The molecule has 0 radical (unpaired) electrons. The first-order valence-electron chi connectivity index (χ1n) is 12.8. The molecule has 196 valence electrons. The van der Waals surface area contributed by atoms with Crippen LogP contribution in [0, 0.1) is 11.3 Å². The number of anilines is 1. The van der Waals surface area contributed by atoms with Crippen LogP contribution in [0.5, 0.6) is 5.75 Å². The van der Waals surface area contributed by atoms with Gasteiger partial charge in [0.25, 0.3) is 5.91 Å². The number of nitrogens with one attached hydrogen (secondary N) is 1. The molecule has 0 spiro atoms. The highest BCUT2D eigenvalue weighted by atomic mass is 32.1. The van der Waals surface area contributed by atoms with E-state index in [0.29, 0.717) is 27.7 Å². The molecule has 1 aliphatic rings. The monoisotopic (exact) mass is 528 g/mol. The van der Waals surface area contributed by atoms with Gasteiger partial charge >= 0.3 is 5.97 Å². The number of aromatic nitrogens is 1. The maximum Gasteiger partial charge on any atom is 0.341 e. The summed E-state index contributed by atoms with van der Waals surface area (Å²) in [5.41, 5.74) is 4.44. The first-order chi connectivity index (χ1) is 18.2. The molecular weight excluding hydrogens is 496 g/mol. The van der Waals surface area contributed by atoms with E-state index in [1.54, 1.807) is 13.2 Å². The van der Waals surface area contributed by atoms with Gasteiger partial charge < -0.3 is 14.8 Å². The van der Waals surface area contributed by atoms with Crippen molar-refractivity contribution in [2.75, 3.05) is 19.5 Å². The SMILES string of the molecule is COC(=O)c1c(NC(=O)c2cc(-c3ccc(OC)cc3)nc3ccccc23)sc2c1CCC(C(C)(C)C)C2. The molecule has 1 amide bonds. The standard InChI is InChI=1S/C31H32N2O4S/c1-31(2,3)19-12-15-22-26(16-19)38-29(27(22)30(35)37-5)33-28(34)23-17-25(18-10-13-20(36-4)14-11-18)32-24-9-7-6-8-21(23)24/h6-11,13-14,17,19H,12,15-16H2,1-5H3,(H,33,34). The maximum atomic E-state index is 13.8. The Morgan fingerprint density at radius 2 is 1.79 bits per heavy atom. The number of hydrogen-bond donors (Lipinski definition) is 1. The number of nitrogens with zero attached hydrogens (tertiary/aromatic N) is 1. The Morgan fingerprint density at radius 1 is 1.05 bits per heavy atom. The number of carbonyl (C=O) groups excluding carboxylic acids is 2. The number of carbonyl (C=O) groups is 2. The predicted molar refractivity (Wildman–Crippen MR) is 152 cm³/mol. The van der Waals surface area contributed by atoms with Gasteiger partial charge in [-0.15, -0.1) is 11.3 Å². The van der Waals surface area contributed by atoms with Crippen LogP contribution < -0.4 is 10.1 Å². The minimum Gasteiger partial charge on any atom is -0.497 e. The molecule has 38 heavy (non-hydrogen) atoms. The van der Waals surface area contributed by atoms with Gasteiger partial charge in [-0.1, -0.05) is 39.0 Å². The van der Waals surface area contributed by atoms with E-state index in [4.69, 9.17) is 14.5 Å².